The highest BCUT2D eigenvalue weighted by Gasteiger charge is 2.10. The summed E-state index contributed by atoms with van der Waals surface area (Å²) < 4.78 is 0. The van der Waals surface area contributed by atoms with E-state index in [1.165, 1.54) is 27.8 Å². The van der Waals surface area contributed by atoms with E-state index in [2.05, 4.69) is 71.8 Å². The van der Waals surface area contributed by atoms with Gasteiger partial charge in [0.1, 0.15) is 0 Å². The second kappa shape index (κ2) is 5.19. The molecular weight excluding hydrogens is 232 g/mol. The summed E-state index contributed by atoms with van der Waals surface area (Å²) in [6, 6.07) is 19.0. The maximum atomic E-state index is 3.53. The molecule has 0 saturated carbocycles. The zero-order chi connectivity index (χ0) is 13.1. The molecule has 2 nitrogen and oxygen atoms in total. The molecule has 0 fully saturated rings. The molecule has 0 aliphatic rings. The van der Waals surface area contributed by atoms with Crippen LogP contribution in [0.5, 0.6) is 0 Å². The van der Waals surface area contributed by atoms with Gasteiger partial charge >= 0.3 is 0 Å². The van der Waals surface area contributed by atoms with Gasteiger partial charge in [-0.2, -0.15) is 0 Å². The SMILES string of the molecule is CCNc1c(Cc2ccccc2)[nH]c2ccccc12. The van der Waals surface area contributed by atoms with E-state index in [9.17, 15) is 0 Å². The number of anilines is 1. The number of hydrogen-bond donors (Lipinski definition) is 2. The van der Waals surface area contributed by atoms with Crippen molar-refractivity contribution in [2.75, 3.05) is 11.9 Å². The van der Waals surface area contributed by atoms with Gasteiger partial charge in [-0.1, -0.05) is 48.5 Å². The molecule has 0 saturated heterocycles. The summed E-state index contributed by atoms with van der Waals surface area (Å²) in [5.41, 5.74) is 5.02. The van der Waals surface area contributed by atoms with Crippen LogP contribution >= 0.6 is 0 Å². The van der Waals surface area contributed by atoms with Crippen molar-refractivity contribution in [1.29, 1.82) is 0 Å². The highest BCUT2D eigenvalue weighted by molar-refractivity contribution is 5.94. The predicted octanol–water partition coefficient (Wildman–Crippen LogP) is 4.19. The number of aromatic nitrogens is 1. The van der Waals surface area contributed by atoms with Crippen LogP contribution in [0.1, 0.15) is 18.2 Å². The van der Waals surface area contributed by atoms with E-state index >= 15 is 0 Å². The fourth-order valence-corrected chi connectivity index (χ4v) is 2.51. The molecule has 96 valence electrons. The maximum Gasteiger partial charge on any atom is 0.0634 e. The Hall–Kier alpha value is -2.22. The largest absolute Gasteiger partial charge is 0.383 e. The van der Waals surface area contributed by atoms with Gasteiger partial charge in [-0.25, -0.2) is 0 Å². The van der Waals surface area contributed by atoms with Crippen LogP contribution in [0, 0.1) is 0 Å². The van der Waals surface area contributed by atoms with Gasteiger partial charge in [0.2, 0.25) is 0 Å². The van der Waals surface area contributed by atoms with Crippen LogP contribution in [0.15, 0.2) is 54.6 Å². The number of para-hydroxylation sites is 1. The third-order valence-corrected chi connectivity index (χ3v) is 3.36. The molecule has 1 heterocycles. The van der Waals surface area contributed by atoms with Crippen molar-refractivity contribution in [2.24, 2.45) is 0 Å². The summed E-state index contributed by atoms with van der Waals surface area (Å²) in [4.78, 5) is 3.53. The summed E-state index contributed by atoms with van der Waals surface area (Å²) in [6.45, 7) is 3.07. The Balaban J connectivity index is 2.04. The zero-order valence-corrected chi connectivity index (χ0v) is 11.1. The zero-order valence-electron chi connectivity index (χ0n) is 11.1. The molecule has 2 aromatic carbocycles. The smallest absolute Gasteiger partial charge is 0.0634 e. The Morgan fingerprint density at radius 1 is 0.947 bits per heavy atom. The topological polar surface area (TPSA) is 27.8 Å². The summed E-state index contributed by atoms with van der Waals surface area (Å²) in [5.74, 6) is 0. The lowest BCUT2D eigenvalue weighted by atomic mass is 10.1. The fraction of sp³-hybridized carbons (Fsp3) is 0.176. The van der Waals surface area contributed by atoms with Crippen LogP contribution in [-0.4, -0.2) is 11.5 Å². The third kappa shape index (κ3) is 2.34. The lowest BCUT2D eigenvalue weighted by Crippen LogP contribution is -2.00. The van der Waals surface area contributed by atoms with Crippen LogP contribution in [0.2, 0.25) is 0 Å². The van der Waals surface area contributed by atoms with Gasteiger partial charge in [0.15, 0.2) is 0 Å². The van der Waals surface area contributed by atoms with Crippen molar-refractivity contribution >= 4 is 16.6 Å². The highest BCUT2D eigenvalue weighted by Crippen LogP contribution is 2.29. The molecule has 3 aromatic rings. The van der Waals surface area contributed by atoms with Gasteiger partial charge in [-0.15, -0.1) is 0 Å². The Bertz CT molecular complexity index is 668. The number of benzene rings is 2. The van der Waals surface area contributed by atoms with Gasteiger partial charge < -0.3 is 10.3 Å². The molecule has 2 heteroatoms. The van der Waals surface area contributed by atoms with E-state index in [4.69, 9.17) is 0 Å². The molecule has 0 aliphatic heterocycles. The highest BCUT2D eigenvalue weighted by atomic mass is 14.9. The number of hydrogen-bond acceptors (Lipinski definition) is 1. The minimum Gasteiger partial charge on any atom is -0.383 e. The molecule has 2 N–H and O–H groups in total. The van der Waals surface area contributed by atoms with Gasteiger partial charge in [-0.3, -0.25) is 0 Å². The summed E-state index contributed by atoms with van der Waals surface area (Å²) in [7, 11) is 0. The van der Waals surface area contributed by atoms with Crippen LogP contribution in [0.3, 0.4) is 0 Å². The van der Waals surface area contributed by atoms with E-state index < -0.39 is 0 Å². The molecule has 0 aliphatic carbocycles. The van der Waals surface area contributed by atoms with Gasteiger partial charge in [0, 0.05) is 29.6 Å². The van der Waals surface area contributed by atoms with Crippen molar-refractivity contribution in [3.05, 3.63) is 65.9 Å². The first-order chi connectivity index (χ1) is 9.38. The quantitative estimate of drug-likeness (QED) is 0.714. The Labute approximate surface area is 113 Å². The number of fused-ring (bicyclic) bond motifs is 1. The van der Waals surface area contributed by atoms with Crippen molar-refractivity contribution in [2.45, 2.75) is 13.3 Å². The van der Waals surface area contributed by atoms with E-state index in [-0.39, 0.29) is 0 Å². The van der Waals surface area contributed by atoms with E-state index in [1.54, 1.807) is 0 Å². The lowest BCUT2D eigenvalue weighted by molar-refractivity contribution is 1.10. The van der Waals surface area contributed by atoms with E-state index in [0.717, 1.165) is 13.0 Å². The van der Waals surface area contributed by atoms with Crippen molar-refractivity contribution < 1.29 is 0 Å². The van der Waals surface area contributed by atoms with Gasteiger partial charge in [0.25, 0.3) is 0 Å². The summed E-state index contributed by atoms with van der Waals surface area (Å²) >= 11 is 0. The molecule has 3 rings (SSSR count). The Morgan fingerprint density at radius 2 is 1.68 bits per heavy atom. The monoisotopic (exact) mass is 250 g/mol. The van der Waals surface area contributed by atoms with E-state index in [1.807, 2.05) is 0 Å². The predicted molar refractivity (Wildman–Crippen MR) is 81.7 cm³/mol. The molecule has 0 bridgehead atoms. The maximum absolute atomic E-state index is 3.53. The molecule has 0 spiro atoms. The minimum absolute atomic E-state index is 0.928. The normalized spacial score (nSPS) is 10.8. The van der Waals surface area contributed by atoms with Crippen molar-refractivity contribution in [1.82, 2.24) is 4.98 Å². The number of H-pyrrole nitrogens is 1. The molecule has 0 unspecified atom stereocenters. The summed E-state index contributed by atoms with van der Waals surface area (Å²) in [5, 5.41) is 4.76. The first kappa shape index (κ1) is 11.8. The average molecular weight is 250 g/mol. The first-order valence-electron chi connectivity index (χ1n) is 6.76. The van der Waals surface area contributed by atoms with Crippen LogP contribution in [-0.2, 0) is 6.42 Å². The third-order valence-electron chi connectivity index (χ3n) is 3.36. The number of aromatic amines is 1. The van der Waals surface area contributed by atoms with Crippen molar-refractivity contribution in [3.8, 4) is 0 Å². The van der Waals surface area contributed by atoms with E-state index in [0.29, 0.717) is 0 Å². The number of rotatable bonds is 4. The standard InChI is InChI=1S/C17H18N2/c1-2-18-17-14-10-6-7-11-15(14)19-16(17)12-13-8-4-3-5-9-13/h3-11,18-19H,2,12H2,1H3. The molecule has 19 heavy (non-hydrogen) atoms. The lowest BCUT2D eigenvalue weighted by Gasteiger charge is -2.06. The fourth-order valence-electron chi connectivity index (χ4n) is 2.51. The van der Waals surface area contributed by atoms with Gasteiger partial charge in [-0.05, 0) is 18.6 Å². The molecule has 0 radical (unpaired) electrons. The molecule has 1 aromatic heterocycles. The molecule has 0 amide bonds. The molecule has 0 atom stereocenters. The van der Waals surface area contributed by atoms with Crippen LogP contribution in [0.25, 0.3) is 10.9 Å². The van der Waals surface area contributed by atoms with Crippen LogP contribution < -0.4 is 5.32 Å². The van der Waals surface area contributed by atoms with Gasteiger partial charge in [0.05, 0.1) is 5.69 Å². The van der Waals surface area contributed by atoms with Crippen molar-refractivity contribution in [3.63, 3.8) is 0 Å². The average Bonchev–Trinajstić information content (AvgIpc) is 2.79. The Kier molecular flexibility index (Phi) is 3.23. The minimum atomic E-state index is 0.928. The number of nitrogens with one attached hydrogen (secondary N) is 2. The van der Waals surface area contributed by atoms with Crippen LogP contribution in [0.4, 0.5) is 5.69 Å². The molecular formula is C17H18N2. The second-order valence-corrected chi connectivity index (χ2v) is 4.72. The first-order valence-corrected chi connectivity index (χ1v) is 6.76. The Morgan fingerprint density at radius 3 is 2.47 bits per heavy atom. The summed E-state index contributed by atoms with van der Waals surface area (Å²) in [6.07, 6.45) is 0.928. The second-order valence-electron chi connectivity index (χ2n) is 4.72.